The van der Waals surface area contributed by atoms with E-state index in [9.17, 15) is 0 Å². The van der Waals surface area contributed by atoms with Crippen molar-refractivity contribution in [2.45, 2.75) is 75.7 Å². The molecule has 0 saturated carbocycles. The van der Waals surface area contributed by atoms with Crippen LogP contribution in [0, 0.1) is 0 Å². The molecule has 196 valence electrons. The molecule has 0 aromatic heterocycles. The predicted molar refractivity (Wildman–Crippen MR) is 139 cm³/mol. The summed E-state index contributed by atoms with van der Waals surface area (Å²) in [5, 5.41) is 0. The minimum atomic E-state index is -2.62. The van der Waals surface area contributed by atoms with Gasteiger partial charge in [0.2, 0.25) is 0 Å². The van der Waals surface area contributed by atoms with Crippen molar-refractivity contribution in [3.63, 3.8) is 0 Å². The molecule has 0 amide bonds. The molecule has 0 N–H and O–H groups in total. The molecule has 0 aliphatic carbocycles. The van der Waals surface area contributed by atoms with Gasteiger partial charge >= 0.3 is 17.4 Å². The Morgan fingerprint density at radius 2 is 1.64 bits per heavy atom. The molecule has 2 heterocycles. The average molecular weight is 559 g/mol. The second kappa shape index (κ2) is 14.5. The largest absolute Gasteiger partial charge is 0.499 e. The standard InChI is InChI=1S/C19H46O9Si5/c1-20-33(21-2,22-3)16-15-31(6)13-9-8-12-25-32(7,28-30(5)26-29(4)27-31)14-10-11-23-17-19-18-24-19/h19,29-30H,8-18H2,1-7H3. The van der Waals surface area contributed by atoms with Crippen molar-refractivity contribution in [2.24, 2.45) is 0 Å². The quantitative estimate of drug-likeness (QED) is 0.204. The lowest BCUT2D eigenvalue weighted by atomic mass is 10.4. The van der Waals surface area contributed by atoms with Crippen molar-refractivity contribution in [2.75, 3.05) is 47.8 Å². The van der Waals surface area contributed by atoms with E-state index in [-0.39, 0.29) is 0 Å². The van der Waals surface area contributed by atoms with Gasteiger partial charge in [0.25, 0.3) is 18.6 Å². The Hall–Kier alpha value is 0.724. The molecule has 14 heteroatoms. The molecule has 2 aliphatic heterocycles. The normalized spacial score (nSPS) is 34.5. The van der Waals surface area contributed by atoms with Gasteiger partial charge in [-0.2, -0.15) is 0 Å². The topological polar surface area (TPSA) is 86.4 Å². The molecule has 0 bridgehead atoms. The van der Waals surface area contributed by atoms with Crippen LogP contribution in [0.3, 0.4) is 0 Å². The van der Waals surface area contributed by atoms with Crippen molar-refractivity contribution >= 4 is 44.3 Å². The van der Waals surface area contributed by atoms with Crippen LogP contribution in [0.5, 0.6) is 0 Å². The first-order valence-electron chi connectivity index (χ1n) is 12.2. The Labute approximate surface area is 207 Å². The van der Waals surface area contributed by atoms with Crippen molar-refractivity contribution < 1.29 is 39.5 Å². The second-order valence-corrected chi connectivity index (χ2v) is 24.6. The van der Waals surface area contributed by atoms with E-state index in [0.717, 1.165) is 63.3 Å². The van der Waals surface area contributed by atoms with Gasteiger partial charge in [-0.15, -0.1) is 0 Å². The van der Waals surface area contributed by atoms with Crippen LogP contribution in [-0.4, -0.2) is 98.1 Å². The van der Waals surface area contributed by atoms with Crippen molar-refractivity contribution in [1.82, 2.24) is 0 Å². The lowest BCUT2D eigenvalue weighted by molar-refractivity contribution is 0.114. The monoisotopic (exact) mass is 558 g/mol. The highest BCUT2D eigenvalue weighted by molar-refractivity contribution is 6.81. The smallest absolute Gasteiger partial charge is 0.438 e. The fraction of sp³-hybridized carbons (Fsp3) is 1.00. The zero-order valence-corrected chi connectivity index (χ0v) is 27.0. The highest BCUT2D eigenvalue weighted by atomic mass is 28.5. The van der Waals surface area contributed by atoms with E-state index in [2.05, 4.69) is 26.2 Å². The lowest BCUT2D eigenvalue weighted by Crippen LogP contribution is -2.50. The van der Waals surface area contributed by atoms with Crippen molar-refractivity contribution in [3.05, 3.63) is 0 Å². The molecule has 0 radical (unpaired) electrons. The maximum absolute atomic E-state index is 6.73. The second-order valence-electron chi connectivity index (χ2n) is 9.33. The number of epoxide rings is 1. The minimum Gasteiger partial charge on any atom is -0.438 e. The van der Waals surface area contributed by atoms with Gasteiger partial charge in [0.1, 0.15) is 6.10 Å². The highest BCUT2D eigenvalue weighted by Gasteiger charge is 2.43. The first-order valence-corrected chi connectivity index (χ1v) is 23.6. The molecular weight excluding hydrogens is 513 g/mol. The average Bonchev–Trinajstić information content (AvgIpc) is 3.58. The van der Waals surface area contributed by atoms with Gasteiger partial charge in [-0.05, 0) is 57.2 Å². The molecule has 2 saturated heterocycles. The summed E-state index contributed by atoms with van der Waals surface area (Å²) in [6.45, 7) is 11.7. The van der Waals surface area contributed by atoms with Crippen molar-refractivity contribution in [3.8, 4) is 0 Å². The zero-order valence-electron chi connectivity index (χ0n) is 21.7. The van der Waals surface area contributed by atoms with Crippen LogP contribution in [0.1, 0.15) is 19.3 Å². The van der Waals surface area contributed by atoms with E-state index in [0.29, 0.717) is 12.7 Å². The van der Waals surface area contributed by atoms with Crippen LogP contribution in [0.15, 0.2) is 0 Å². The number of rotatable bonds is 12. The number of ether oxygens (including phenoxy) is 2. The van der Waals surface area contributed by atoms with Gasteiger partial charge < -0.3 is 39.5 Å². The number of hydrogen-bond acceptors (Lipinski definition) is 9. The minimum absolute atomic E-state index is 0.311. The third kappa shape index (κ3) is 11.1. The van der Waals surface area contributed by atoms with E-state index in [1.807, 2.05) is 0 Å². The van der Waals surface area contributed by atoms with Gasteiger partial charge in [-0.25, -0.2) is 0 Å². The Bertz CT molecular complexity index is 549. The summed E-state index contributed by atoms with van der Waals surface area (Å²) in [5.74, 6) is 0. The molecule has 0 spiro atoms. The predicted octanol–water partition coefficient (Wildman–Crippen LogP) is 2.88. The van der Waals surface area contributed by atoms with Crippen LogP contribution in [0.25, 0.3) is 0 Å². The first-order chi connectivity index (χ1) is 15.7. The molecule has 2 aliphatic rings. The highest BCUT2D eigenvalue weighted by Crippen LogP contribution is 2.29. The summed E-state index contributed by atoms with van der Waals surface area (Å²) in [6, 6.07) is 3.69. The van der Waals surface area contributed by atoms with Gasteiger partial charge in [-0.3, -0.25) is 0 Å². The molecular formula is C19H46O9Si5. The fourth-order valence-electron chi connectivity index (χ4n) is 4.22. The summed E-state index contributed by atoms with van der Waals surface area (Å²) >= 11 is 0. The third-order valence-electron chi connectivity index (χ3n) is 6.28. The Morgan fingerprint density at radius 3 is 2.27 bits per heavy atom. The third-order valence-corrected chi connectivity index (χ3v) is 24.3. The van der Waals surface area contributed by atoms with E-state index in [4.69, 9.17) is 39.5 Å². The lowest BCUT2D eigenvalue weighted by Gasteiger charge is -2.36. The molecule has 5 atom stereocenters. The zero-order chi connectivity index (χ0) is 24.4. The van der Waals surface area contributed by atoms with Crippen LogP contribution in [0.4, 0.5) is 0 Å². The van der Waals surface area contributed by atoms with Gasteiger partial charge in [0.15, 0.2) is 8.32 Å². The summed E-state index contributed by atoms with van der Waals surface area (Å²) in [4.78, 5) is 0. The Kier molecular flexibility index (Phi) is 13.1. The van der Waals surface area contributed by atoms with E-state index in [1.165, 1.54) is 0 Å². The van der Waals surface area contributed by atoms with E-state index < -0.39 is 44.3 Å². The summed E-state index contributed by atoms with van der Waals surface area (Å²) in [6.07, 6.45) is 3.34. The van der Waals surface area contributed by atoms with Gasteiger partial charge in [-0.1, -0.05) is 6.42 Å². The van der Waals surface area contributed by atoms with Crippen LogP contribution in [-0.2, 0) is 39.5 Å². The van der Waals surface area contributed by atoms with Gasteiger partial charge in [0, 0.05) is 40.6 Å². The molecule has 5 unspecified atom stereocenters. The Morgan fingerprint density at radius 1 is 0.970 bits per heavy atom. The molecule has 0 aromatic carbocycles. The first kappa shape index (κ1) is 30.0. The maximum Gasteiger partial charge on any atom is 0.499 e. The van der Waals surface area contributed by atoms with Gasteiger partial charge in [0.05, 0.1) is 13.2 Å². The molecule has 2 rings (SSSR count). The van der Waals surface area contributed by atoms with Crippen molar-refractivity contribution in [1.29, 1.82) is 0 Å². The summed E-state index contributed by atoms with van der Waals surface area (Å²) in [5.41, 5.74) is 0. The summed E-state index contributed by atoms with van der Waals surface area (Å²) in [7, 11) is -5.61. The van der Waals surface area contributed by atoms with Crippen LogP contribution >= 0.6 is 0 Å². The molecule has 2 fully saturated rings. The molecule has 33 heavy (non-hydrogen) atoms. The van der Waals surface area contributed by atoms with E-state index >= 15 is 0 Å². The van der Waals surface area contributed by atoms with E-state index in [1.54, 1.807) is 21.3 Å². The fourth-order valence-corrected chi connectivity index (χ4v) is 22.7. The summed E-state index contributed by atoms with van der Waals surface area (Å²) < 4.78 is 53.9. The maximum atomic E-state index is 6.73. The SMILES string of the molecule is CO[Si](CC[Si]1(C)CCCCO[Si](C)(CCCOCC2CO2)O[SiH](C)O[SiH](C)O1)(OC)OC. The van der Waals surface area contributed by atoms with Crippen LogP contribution < -0.4 is 0 Å². The Balaban J connectivity index is 1.90. The van der Waals surface area contributed by atoms with Crippen LogP contribution in [0.2, 0.25) is 50.4 Å². The molecule has 9 nitrogen and oxygen atoms in total. The number of hydrogen-bond donors (Lipinski definition) is 0. The molecule has 0 aromatic rings.